The monoisotopic (exact) mass is 401 g/mol. The predicted molar refractivity (Wildman–Crippen MR) is 109 cm³/mol. The molecule has 0 spiro atoms. The van der Waals surface area contributed by atoms with E-state index in [0.717, 1.165) is 68.4 Å². The van der Waals surface area contributed by atoms with Gasteiger partial charge in [-0.3, -0.25) is 9.69 Å². The van der Waals surface area contributed by atoms with Crippen molar-refractivity contribution in [3.8, 4) is 10.9 Å². The van der Waals surface area contributed by atoms with E-state index in [4.69, 9.17) is 9.47 Å². The fraction of sp³-hybridized carbons (Fsp3) is 0.524. The molecule has 2 saturated heterocycles. The molecule has 2 aliphatic heterocycles. The van der Waals surface area contributed by atoms with Gasteiger partial charge in [-0.05, 0) is 49.9 Å². The molecule has 1 aromatic carbocycles. The third-order valence-electron chi connectivity index (χ3n) is 5.76. The number of benzene rings is 1. The quantitative estimate of drug-likeness (QED) is 0.769. The Bertz CT molecular complexity index is 750. The molecule has 1 aromatic heterocycles. The first-order valence-corrected chi connectivity index (χ1v) is 10.8. The second kappa shape index (κ2) is 8.92. The Hall–Kier alpha value is -2.12. The van der Waals surface area contributed by atoms with Gasteiger partial charge in [-0.2, -0.15) is 0 Å². The van der Waals surface area contributed by atoms with Gasteiger partial charge in [-0.15, -0.1) is 0 Å². The van der Waals surface area contributed by atoms with E-state index in [1.165, 1.54) is 0 Å². The fourth-order valence-electron chi connectivity index (χ4n) is 4.12. The molecule has 28 heavy (non-hydrogen) atoms. The van der Waals surface area contributed by atoms with Crippen LogP contribution in [0, 0.1) is 0 Å². The smallest absolute Gasteiger partial charge is 0.273 e. The maximum atomic E-state index is 12.7. The SMILES string of the molecule is COc1ccc(C(=O)N2CCC(N3CCC(Oc4nccs4)CC3)CC2)cc1. The lowest BCUT2D eigenvalue weighted by molar-refractivity contribution is 0.0425. The molecule has 0 atom stereocenters. The molecule has 1 amide bonds. The average Bonchev–Trinajstić information content (AvgIpc) is 3.27. The van der Waals surface area contributed by atoms with Crippen molar-refractivity contribution in [1.82, 2.24) is 14.8 Å². The zero-order valence-corrected chi connectivity index (χ0v) is 17.1. The lowest BCUT2D eigenvalue weighted by atomic mass is 9.98. The molecule has 2 fully saturated rings. The van der Waals surface area contributed by atoms with Crippen LogP contribution in [0.15, 0.2) is 35.8 Å². The minimum Gasteiger partial charge on any atom is -0.497 e. The first kappa shape index (κ1) is 19.2. The van der Waals surface area contributed by atoms with Crippen LogP contribution in [0.1, 0.15) is 36.0 Å². The number of amides is 1. The standard InChI is InChI=1S/C21H27N3O3S/c1-26-18-4-2-16(3-5-18)20(25)24-11-6-17(7-12-24)23-13-8-19(9-14-23)27-21-22-10-15-28-21/h2-5,10,15,17,19H,6-9,11-14H2,1H3. The van der Waals surface area contributed by atoms with E-state index in [9.17, 15) is 4.79 Å². The second-order valence-corrected chi connectivity index (χ2v) is 8.26. The van der Waals surface area contributed by atoms with Gasteiger partial charge in [0.2, 0.25) is 0 Å². The van der Waals surface area contributed by atoms with Crippen molar-refractivity contribution in [2.24, 2.45) is 0 Å². The topological polar surface area (TPSA) is 54.9 Å². The molecule has 0 bridgehead atoms. The summed E-state index contributed by atoms with van der Waals surface area (Å²) in [5.41, 5.74) is 0.736. The lowest BCUT2D eigenvalue weighted by Crippen LogP contribution is -2.50. The molecule has 0 unspecified atom stereocenters. The molecule has 2 aromatic rings. The number of carbonyl (C=O) groups is 1. The van der Waals surface area contributed by atoms with Gasteiger partial charge in [-0.1, -0.05) is 11.3 Å². The molecule has 4 rings (SSSR count). The summed E-state index contributed by atoms with van der Waals surface area (Å²) < 4.78 is 11.1. The number of carbonyl (C=O) groups excluding carboxylic acids is 1. The number of aromatic nitrogens is 1. The zero-order chi connectivity index (χ0) is 19.3. The number of piperidine rings is 2. The molecule has 3 heterocycles. The highest BCUT2D eigenvalue weighted by molar-refractivity contribution is 7.11. The Morgan fingerprint density at radius 2 is 1.79 bits per heavy atom. The van der Waals surface area contributed by atoms with E-state index >= 15 is 0 Å². The highest BCUT2D eigenvalue weighted by Crippen LogP contribution is 2.25. The van der Waals surface area contributed by atoms with E-state index in [1.54, 1.807) is 24.6 Å². The maximum Gasteiger partial charge on any atom is 0.273 e. The van der Waals surface area contributed by atoms with Gasteiger partial charge >= 0.3 is 0 Å². The summed E-state index contributed by atoms with van der Waals surface area (Å²) in [5.74, 6) is 0.897. The van der Waals surface area contributed by atoms with Crippen LogP contribution >= 0.6 is 11.3 Å². The van der Waals surface area contributed by atoms with Gasteiger partial charge in [0.05, 0.1) is 7.11 Å². The van der Waals surface area contributed by atoms with Crippen LogP contribution in [0.2, 0.25) is 0 Å². The molecular weight excluding hydrogens is 374 g/mol. The van der Waals surface area contributed by atoms with Crippen LogP contribution in [0.25, 0.3) is 0 Å². The molecule has 0 N–H and O–H groups in total. The number of methoxy groups -OCH3 is 1. The zero-order valence-electron chi connectivity index (χ0n) is 16.3. The van der Waals surface area contributed by atoms with E-state index in [-0.39, 0.29) is 12.0 Å². The Balaban J connectivity index is 1.23. The van der Waals surface area contributed by atoms with Gasteiger partial charge < -0.3 is 14.4 Å². The highest BCUT2D eigenvalue weighted by Gasteiger charge is 2.30. The molecule has 0 radical (unpaired) electrons. The summed E-state index contributed by atoms with van der Waals surface area (Å²) >= 11 is 1.56. The lowest BCUT2D eigenvalue weighted by Gasteiger charge is -2.41. The number of hydrogen-bond acceptors (Lipinski definition) is 6. The van der Waals surface area contributed by atoms with Crippen molar-refractivity contribution in [3.05, 3.63) is 41.4 Å². The van der Waals surface area contributed by atoms with Crippen LogP contribution in [0.3, 0.4) is 0 Å². The number of nitrogens with zero attached hydrogens (tertiary/aromatic N) is 3. The third-order valence-corrected chi connectivity index (χ3v) is 6.42. The molecule has 7 heteroatoms. The molecule has 150 valence electrons. The number of hydrogen-bond donors (Lipinski definition) is 0. The van der Waals surface area contributed by atoms with Crippen molar-refractivity contribution >= 4 is 17.2 Å². The van der Waals surface area contributed by atoms with Crippen LogP contribution in [0.5, 0.6) is 10.9 Å². The van der Waals surface area contributed by atoms with Gasteiger partial charge in [0.25, 0.3) is 11.1 Å². The van der Waals surface area contributed by atoms with Crippen molar-refractivity contribution in [1.29, 1.82) is 0 Å². The molecule has 0 saturated carbocycles. The Morgan fingerprint density at radius 1 is 1.07 bits per heavy atom. The van der Waals surface area contributed by atoms with Crippen LogP contribution < -0.4 is 9.47 Å². The summed E-state index contributed by atoms with van der Waals surface area (Å²) in [7, 11) is 1.63. The average molecular weight is 402 g/mol. The summed E-state index contributed by atoms with van der Waals surface area (Å²) in [6, 6.07) is 7.96. The molecule has 2 aliphatic rings. The van der Waals surface area contributed by atoms with Gasteiger partial charge in [0.15, 0.2) is 0 Å². The second-order valence-electron chi connectivity index (χ2n) is 7.40. The normalized spacial score (nSPS) is 19.5. The van der Waals surface area contributed by atoms with E-state index in [1.807, 2.05) is 34.5 Å². The van der Waals surface area contributed by atoms with Crippen molar-refractivity contribution in [2.45, 2.75) is 37.8 Å². The predicted octanol–water partition coefficient (Wildman–Crippen LogP) is 3.30. The summed E-state index contributed by atoms with van der Waals surface area (Å²) in [4.78, 5) is 21.5. The first-order chi connectivity index (χ1) is 13.7. The minimum atomic E-state index is 0.122. The van der Waals surface area contributed by atoms with E-state index in [0.29, 0.717) is 6.04 Å². The number of likely N-dealkylation sites (tertiary alicyclic amines) is 2. The largest absolute Gasteiger partial charge is 0.497 e. The molecule has 0 aliphatic carbocycles. The summed E-state index contributed by atoms with van der Waals surface area (Å²) in [6.45, 7) is 3.77. The van der Waals surface area contributed by atoms with Crippen LogP contribution in [0.4, 0.5) is 0 Å². The molecular formula is C21H27N3O3S. The highest BCUT2D eigenvalue weighted by atomic mass is 32.1. The van der Waals surface area contributed by atoms with Gasteiger partial charge in [0, 0.05) is 49.4 Å². The van der Waals surface area contributed by atoms with Crippen molar-refractivity contribution in [3.63, 3.8) is 0 Å². The number of thiazole rings is 1. The van der Waals surface area contributed by atoms with Crippen LogP contribution in [-0.2, 0) is 0 Å². The molecule has 6 nitrogen and oxygen atoms in total. The third kappa shape index (κ3) is 4.47. The number of rotatable bonds is 5. The summed E-state index contributed by atoms with van der Waals surface area (Å²) in [6.07, 6.45) is 6.24. The van der Waals surface area contributed by atoms with Crippen molar-refractivity contribution in [2.75, 3.05) is 33.3 Å². The van der Waals surface area contributed by atoms with Crippen LogP contribution in [-0.4, -0.2) is 66.1 Å². The number of ether oxygens (including phenoxy) is 2. The van der Waals surface area contributed by atoms with Gasteiger partial charge in [0.1, 0.15) is 11.9 Å². The fourth-order valence-corrected chi connectivity index (χ4v) is 4.67. The maximum absolute atomic E-state index is 12.7. The van der Waals surface area contributed by atoms with Gasteiger partial charge in [-0.25, -0.2) is 4.98 Å². The summed E-state index contributed by atoms with van der Waals surface area (Å²) in [5, 5.41) is 2.73. The van der Waals surface area contributed by atoms with E-state index < -0.39 is 0 Å². The Kier molecular flexibility index (Phi) is 6.12. The van der Waals surface area contributed by atoms with E-state index in [2.05, 4.69) is 9.88 Å². The van der Waals surface area contributed by atoms with Crippen molar-refractivity contribution < 1.29 is 14.3 Å². The Labute approximate surface area is 170 Å². The minimum absolute atomic E-state index is 0.122. The Morgan fingerprint density at radius 3 is 2.39 bits per heavy atom. The first-order valence-electron chi connectivity index (χ1n) is 9.96.